The zero-order chi connectivity index (χ0) is 12.5. The maximum absolute atomic E-state index is 9.98. The smallest absolute Gasteiger partial charge is 0.205 e. The summed E-state index contributed by atoms with van der Waals surface area (Å²) in [7, 11) is 0. The molecule has 5 heteroatoms. The number of hydrogen-bond acceptors (Lipinski definition) is 5. The summed E-state index contributed by atoms with van der Waals surface area (Å²) in [6.45, 7) is 2.66. The number of β-amino-alcohol motifs (C(OH)–C–C–N with tert-alkyl or cyclic N) is 1. The van der Waals surface area contributed by atoms with Crippen LogP contribution in [0.5, 0.6) is 0 Å². The molecule has 100 valence electrons. The summed E-state index contributed by atoms with van der Waals surface area (Å²) in [4.78, 5) is 6.81. The van der Waals surface area contributed by atoms with Crippen molar-refractivity contribution in [2.45, 2.75) is 57.6 Å². The molecule has 2 heterocycles. The average Bonchev–Trinajstić information content (AvgIpc) is 2.96. The molecule has 0 radical (unpaired) electrons. The highest BCUT2D eigenvalue weighted by Gasteiger charge is 2.38. The van der Waals surface area contributed by atoms with Gasteiger partial charge in [-0.05, 0) is 32.1 Å². The number of nitrogens with zero attached hydrogens (tertiary/aromatic N) is 3. The molecule has 18 heavy (non-hydrogen) atoms. The molecule has 2 fully saturated rings. The largest absolute Gasteiger partial charge is 0.391 e. The quantitative estimate of drug-likeness (QED) is 0.893. The van der Waals surface area contributed by atoms with E-state index in [1.807, 2.05) is 6.92 Å². The fraction of sp³-hybridized carbons (Fsp3) is 0.846. The highest BCUT2D eigenvalue weighted by Crippen LogP contribution is 2.37. The van der Waals surface area contributed by atoms with Crippen molar-refractivity contribution < 1.29 is 5.11 Å². The number of rotatable bonds is 2. The van der Waals surface area contributed by atoms with Crippen LogP contribution in [0.1, 0.15) is 44.3 Å². The third kappa shape index (κ3) is 2.38. The predicted molar refractivity (Wildman–Crippen MR) is 73.0 cm³/mol. The maximum Gasteiger partial charge on any atom is 0.205 e. The molecule has 2 aliphatic rings. The second kappa shape index (κ2) is 5.13. The normalized spacial score (nSPS) is 30.0. The molecule has 2 atom stereocenters. The molecule has 1 aliphatic heterocycles. The van der Waals surface area contributed by atoms with Crippen molar-refractivity contribution >= 4 is 16.7 Å². The Morgan fingerprint density at radius 1 is 1.28 bits per heavy atom. The zero-order valence-corrected chi connectivity index (χ0v) is 11.7. The van der Waals surface area contributed by atoms with Gasteiger partial charge >= 0.3 is 0 Å². The van der Waals surface area contributed by atoms with Gasteiger partial charge in [0, 0.05) is 24.1 Å². The van der Waals surface area contributed by atoms with E-state index in [2.05, 4.69) is 14.3 Å². The lowest BCUT2D eigenvalue weighted by Gasteiger charge is -2.33. The third-order valence-electron chi connectivity index (χ3n) is 4.28. The van der Waals surface area contributed by atoms with Crippen molar-refractivity contribution in [1.29, 1.82) is 0 Å². The van der Waals surface area contributed by atoms with Crippen molar-refractivity contribution in [3.63, 3.8) is 0 Å². The minimum atomic E-state index is -0.193. The summed E-state index contributed by atoms with van der Waals surface area (Å²) in [5.41, 5.74) is 0. The second-order valence-electron chi connectivity index (χ2n) is 5.63. The molecule has 4 nitrogen and oxygen atoms in total. The molecule has 3 rings (SSSR count). The fourth-order valence-corrected chi connectivity index (χ4v) is 4.17. The van der Waals surface area contributed by atoms with Gasteiger partial charge in [-0.25, -0.2) is 4.98 Å². The lowest BCUT2D eigenvalue weighted by molar-refractivity contribution is 0.185. The summed E-state index contributed by atoms with van der Waals surface area (Å²) >= 11 is 1.47. The van der Waals surface area contributed by atoms with Crippen LogP contribution >= 0.6 is 11.5 Å². The van der Waals surface area contributed by atoms with Crippen molar-refractivity contribution in [2.24, 2.45) is 5.92 Å². The molecule has 0 unspecified atom stereocenters. The first-order valence-electron chi connectivity index (χ1n) is 6.99. The van der Waals surface area contributed by atoms with E-state index in [1.165, 1.54) is 43.6 Å². The summed E-state index contributed by atoms with van der Waals surface area (Å²) < 4.78 is 4.27. The van der Waals surface area contributed by atoms with E-state index in [4.69, 9.17) is 0 Å². The van der Waals surface area contributed by atoms with Crippen LogP contribution in [0.2, 0.25) is 0 Å². The Bertz CT molecular complexity index is 403. The van der Waals surface area contributed by atoms with Gasteiger partial charge in [0.05, 0.1) is 6.10 Å². The first kappa shape index (κ1) is 12.4. The van der Waals surface area contributed by atoms with Gasteiger partial charge in [0.15, 0.2) is 0 Å². The number of aromatic nitrogens is 2. The number of aliphatic hydroxyl groups excluding tert-OH is 1. The summed E-state index contributed by atoms with van der Waals surface area (Å²) in [5, 5.41) is 11.0. The molecule has 0 aromatic carbocycles. The van der Waals surface area contributed by atoms with E-state index in [0.29, 0.717) is 6.04 Å². The minimum absolute atomic E-state index is 0.193. The molecule has 1 aliphatic carbocycles. The van der Waals surface area contributed by atoms with Gasteiger partial charge in [-0.2, -0.15) is 4.37 Å². The molecule has 1 N–H and O–H groups in total. The van der Waals surface area contributed by atoms with E-state index < -0.39 is 0 Å². The lowest BCUT2D eigenvalue weighted by Crippen LogP contribution is -2.36. The summed E-state index contributed by atoms with van der Waals surface area (Å²) in [6.07, 6.45) is 7.41. The Morgan fingerprint density at radius 2 is 2.06 bits per heavy atom. The zero-order valence-electron chi connectivity index (χ0n) is 10.9. The van der Waals surface area contributed by atoms with Gasteiger partial charge in [-0.3, -0.25) is 0 Å². The van der Waals surface area contributed by atoms with Crippen LogP contribution in [0.4, 0.5) is 5.13 Å². The number of aliphatic hydroxyl groups is 1. The van der Waals surface area contributed by atoms with Gasteiger partial charge < -0.3 is 10.0 Å². The van der Waals surface area contributed by atoms with Crippen LogP contribution in [-0.2, 0) is 0 Å². The molecule has 0 amide bonds. The standard InChI is InChI=1S/C13H21N3OS/c1-9-14-13(18-15-9)16-8-11(17)7-12(16)10-5-3-2-4-6-10/h10-12,17H,2-8H2,1H3/t11-,12-/m1/s1. The van der Waals surface area contributed by atoms with E-state index in [1.54, 1.807) is 0 Å². The Labute approximate surface area is 112 Å². The molecule has 1 saturated carbocycles. The SMILES string of the molecule is Cc1nsc(N2C[C@H](O)C[C@@H]2C2CCCCC2)n1. The lowest BCUT2D eigenvalue weighted by atomic mass is 9.83. The number of aryl methyl sites for hydroxylation is 1. The van der Waals surface area contributed by atoms with Crippen LogP contribution < -0.4 is 4.90 Å². The minimum Gasteiger partial charge on any atom is -0.391 e. The van der Waals surface area contributed by atoms with Crippen molar-refractivity contribution in [2.75, 3.05) is 11.4 Å². The highest BCUT2D eigenvalue weighted by atomic mass is 32.1. The topological polar surface area (TPSA) is 49.2 Å². The van der Waals surface area contributed by atoms with E-state index in [9.17, 15) is 5.11 Å². The van der Waals surface area contributed by atoms with Gasteiger partial charge in [0.25, 0.3) is 0 Å². The average molecular weight is 267 g/mol. The Hall–Kier alpha value is -0.680. The van der Waals surface area contributed by atoms with Crippen LogP contribution in [0, 0.1) is 12.8 Å². The van der Waals surface area contributed by atoms with Crippen molar-refractivity contribution in [3.8, 4) is 0 Å². The van der Waals surface area contributed by atoms with Gasteiger partial charge in [0.2, 0.25) is 5.13 Å². The van der Waals surface area contributed by atoms with Gasteiger partial charge in [-0.1, -0.05) is 19.3 Å². The van der Waals surface area contributed by atoms with Crippen LogP contribution in [0.3, 0.4) is 0 Å². The van der Waals surface area contributed by atoms with Crippen LogP contribution in [0.15, 0.2) is 0 Å². The first-order valence-corrected chi connectivity index (χ1v) is 7.76. The van der Waals surface area contributed by atoms with Crippen LogP contribution in [-0.4, -0.2) is 33.2 Å². The monoisotopic (exact) mass is 267 g/mol. The molecule has 0 bridgehead atoms. The van der Waals surface area contributed by atoms with Crippen molar-refractivity contribution in [3.05, 3.63) is 5.82 Å². The maximum atomic E-state index is 9.98. The Balaban J connectivity index is 1.78. The number of hydrogen-bond donors (Lipinski definition) is 1. The third-order valence-corrected chi connectivity index (χ3v) is 5.12. The van der Waals surface area contributed by atoms with E-state index >= 15 is 0 Å². The summed E-state index contributed by atoms with van der Waals surface area (Å²) in [6, 6.07) is 0.479. The Morgan fingerprint density at radius 3 is 2.72 bits per heavy atom. The predicted octanol–water partition coefficient (Wildman–Crippen LogP) is 2.37. The molecular weight excluding hydrogens is 246 g/mol. The van der Waals surface area contributed by atoms with E-state index in [0.717, 1.165) is 29.8 Å². The molecule has 1 saturated heterocycles. The molecule has 1 aromatic heterocycles. The van der Waals surface area contributed by atoms with Crippen molar-refractivity contribution in [1.82, 2.24) is 9.36 Å². The molecular formula is C13H21N3OS. The Kier molecular flexibility index (Phi) is 3.52. The molecule has 0 spiro atoms. The van der Waals surface area contributed by atoms with Gasteiger partial charge in [-0.15, -0.1) is 0 Å². The highest BCUT2D eigenvalue weighted by molar-refractivity contribution is 7.09. The fourth-order valence-electron chi connectivity index (χ4n) is 3.43. The first-order chi connectivity index (χ1) is 8.74. The molecule has 1 aromatic rings. The van der Waals surface area contributed by atoms with Crippen LogP contribution in [0.25, 0.3) is 0 Å². The van der Waals surface area contributed by atoms with Gasteiger partial charge in [0.1, 0.15) is 5.82 Å². The second-order valence-corrected chi connectivity index (χ2v) is 6.36. The summed E-state index contributed by atoms with van der Waals surface area (Å²) in [5.74, 6) is 1.58. The van der Waals surface area contributed by atoms with E-state index in [-0.39, 0.29) is 6.10 Å². The number of anilines is 1.